The maximum Gasteiger partial charge on any atom is 0.227 e. The molecule has 0 radical (unpaired) electrons. The van der Waals surface area contributed by atoms with Gasteiger partial charge in [-0.2, -0.15) is 0 Å². The first kappa shape index (κ1) is 23.9. The lowest BCUT2D eigenvalue weighted by atomic mass is 10.1. The second-order valence-electron chi connectivity index (χ2n) is 8.43. The van der Waals surface area contributed by atoms with Gasteiger partial charge in [0.15, 0.2) is 0 Å². The van der Waals surface area contributed by atoms with E-state index in [9.17, 15) is 14.0 Å². The van der Waals surface area contributed by atoms with Crippen LogP contribution >= 0.6 is 0 Å². The smallest absolute Gasteiger partial charge is 0.227 e. The lowest BCUT2D eigenvalue weighted by molar-refractivity contribution is -0.133. The van der Waals surface area contributed by atoms with E-state index >= 15 is 0 Å². The highest BCUT2D eigenvalue weighted by molar-refractivity contribution is 5.78. The quantitative estimate of drug-likeness (QED) is 0.567. The van der Waals surface area contributed by atoms with Gasteiger partial charge < -0.3 is 9.80 Å². The molecule has 1 aliphatic heterocycles. The first-order valence-corrected chi connectivity index (χ1v) is 11.6. The minimum atomic E-state index is -0.276. The van der Waals surface area contributed by atoms with E-state index in [1.165, 1.54) is 12.1 Å². The van der Waals surface area contributed by atoms with Gasteiger partial charge in [0, 0.05) is 52.2 Å². The molecule has 1 fully saturated rings. The largest absolute Gasteiger partial charge is 0.340 e. The summed E-state index contributed by atoms with van der Waals surface area (Å²) in [6, 6.07) is 16.1. The number of carbonyl (C=O) groups is 2. The minimum Gasteiger partial charge on any atom is -0.340 e. The fourth-order valence-electron chi connectivity index (χ4n) is 3.95. The Bertz CT molecular complexity index is 849. The second-order valence-corrected chi connectivity index (χ2v) is 8.43. The Labute approximate surface area is 190 Å². The van der Waals surface area contributed by atoms with E-state index < -0.39 is 0 Å². The normalized spacial score (nSPS) is 14.4. The maximum atomic E-state index is 13.3. The fraction of sp³-hybridized carbons (Fsp3) is 0.462. The molecule has 2 aromatic rings. The van der Waals surface area contributed by atoms with E-state index in [0.29, 0.717) is 25.9 Å². The van der Waals surface area contributed by atoms with Crippen molar-refractivity contribution in [1.82, 2.24) is 14.7 Å². The predicted octanol–water partition coefficient (Wildman–Crippen LogP) is 3.73. The van der Waals surface area contributed by atoms with Crippen LogP contribution in [0.2, 0.25) is 0 Å². The van der Waals surface area contributed by atoms with Crippen LogP contribution in [0.4, 0.5) is 4.39 Å². The molecule has 0 aliphatic carbocycles. The van der Waals surface area contributed by atoms with Crippen LogP contribution < -0.4 is 0 Å². The van der Waals surface area contributed by atoms with Gasteiger partial charge in [-0.25, -0.2) is 4.39 Å². The zero-order valence-corrected chi connectivity index (χ0v) is 19.0. The van der Waals surface area contributed by atoms with Gasteiger partial charge in [0.25, 0.3) is 0 Å². The predicted molar refractivity (Wildman–Crippen MR) is 125 cm³/mol. The summed E-state index contributed by atoms with van der Waals surface area (Å²) in [6.07, 6.45) is 2.96. The molecular formula is C26H34FN3O2. The number of hydrogen-bond acceptors (Lipinski definition) is 3. The summed E-state index contributed by atoms with van der Waals surface area (Å²) in [6.45, 7) is 7.08. The molecule has 1 saturated heterocycles. The molecular weight excluding hydrogens is 405 g/mol. The Hall–Kier alpha value is -2.73. The van der Waals surface area contributed by atoms with Gasteiger partial charge in [0.05, 0.1) is 6.42 Å². The molecule has 5 nitrogen and oxygen atoms in total. The molecule has 0 atom stereocenters. The van der Waals surface area contributed by atoms with Crippen molar-refractivity contribution < 1.29 is 14.0 Å². The number of rotatable bonds is 10. The van der Waals surface area contributed by atoms with Gasteiger partial charge in [-0.3, -0.25) is 14.5 Å². The van der Waals surface area contributed by atoms with E-state index in [-0.39, 0.29) is 17.6 Å². The average Bonchev–Trinajstić information content (AvgIpc) is 2.82. The van der Waals surface area contributed by atoms with Crippen LogP contribution in [0, 0.1) is 5.82 Å². The molecule has 0 N–H and O–H groups in total. The Morgan fingerprint density at radius 1 is 0.938 bits per heavy atom. The third-order valence-corrected chi connectivity index (χ3v) is 5.99. The highest BCUT2D eigenvalue weighted by Gasteiger charge is 2.22. The molecule has 0 bridgehead atoms. The molecule has 0 unspecified atom stereocenters. The van der Waals surface area contributed by atoms with Crippen molar-refractivity contribution in [3.8, 4) is 0 Å². The lowest BCUT2D eigenvalue weighted by Gasteiger charge is -2.36. The molecule has 1 aliphatic rings. The van der Waals surface area contributed by atoms with Crippen LogP contribution in [0.1, 0.15) is 37.3 Å². The van der Waals surface area contributed by atoms with E-state index in [1.807, 2.05) is 40.1 Å². The highest BCUT2D eigenvalue weighted by atomic mass is 19.1. The second kappa shape index (κ2) is 12.3. The Morgan fingerprint density at radius 3 is 2.28 bits per heavy atom. The molecule has 1 heterocycles. The Balaban J connectivity index is 1.55. The minimum absolute atomic E-state index is 0.0638. The van der Waals surface area contributed by atoms with Crippen molar-refractivity contribution in [1.29, 1.82) is 0 Å². The zero-order valence-electron chi connectivity index (χ0n) is 19.0. The van der Waals surface area contributed by atoms with Crippen LogP contribution in [-0.2, 0) is 22.6 Å². The molecule has 2 amide bonds. The number of nitrogens with zero attached hydrogens (tertiary/aromatic N) is 3. The number of halogens is 1. The molecule has 3 rings (SSSR count). The molecule has 172 valence electrons. The fourth-order valence-corrected chi connectivity index (χ4v) is 3.95. The molecule has 32 heavy (non-hydrogen) atoms. The van der Waals surface area contributed by atoms with Gasteiger partial charge in [-0.1, -0.05) is 55.8 Å². The van der Waals surface area contributed by atoms with Gasteiger partial charge in [-0.05, 0) is 29.7 Å². The number of hydrogen-bond donors (Lipinski definition) is 0. The number of benzene rings is 2. The van der Waals surface area contributed by atoms with Crippen LogP contribution in [0.15, 0.2) is 54.6 Å². The van der Waals surface area contributed by atoms with Gasteiger partial charge in [0.2, 0.25) is 11.8 Å². The van der Waals surface area contributed by atoms with Crippen molar-refractivity contribution in [2.45, 2.75) is 39.2 Å². The van der Waals surface area contributed by atoms with Gasteiger partial charge in [0.1, 0.15) is 5.82 Å². The van der Waals surface area contributed by atoms with Crippen molar-refractivity contribution >= 4 is 11.8 Å². The number of unbranched alkanes of at least 4 members (excludes halogenated alkanes) is 1. The number of amides is 2. The summed E-state index contributed by atoms with van der Waals surface area (Å²) in [5.41, 5.74) is 1.90. The van der Waals surface area contributed by atoms with Crippen molar-refractivity contribution in [2.75, 3.05) is 39.3 Å². The Morgan fingerprint density at radius 2 is 1.62 bits per heavy atom. The van der Waals surface area contributed by atoms with Crippen LogP contribution in [-0.4, -0.2) is 65.8 Å². The van der Waals surface area contributed by atoms with Gasteiger partial charge in [-0.15, -0.1) is 0 Å². The highest BCUT2D eigenvalue weighted by Crippen LogP contribution is 2.11. The molecule has 6 heteroatoms. The first-order chi connectivity index (χ1) is 15.5. The van der Waals surface area contributed by atoms with Crippen LogP contribution in [0.5, 0.6) is 0 Å². The first-order valence-electron chi connectivity index (χ1n) is 11.6. The van der Waals surface area contributed by atoms with E-state index in [1.54, 1.807) is 12.1 Å². The molecule has 2 aromatic carbocycles. The third kappa shape index (κ3) is 7.45. The maximum absolute atomic E-state index is 13.3. The summed E-state index contributed by atoms with van der Waals surface area (Å²) in [7, 11) is 0. The summed E-state index contributed by atoms with van der Waals surface area (Å²) in [4.78, 5) is 31.5. The summed E-state index contributed by atoms with van der Waals surface area (Å²) < 4.78 is 13.3. The number of piperazine rings is 1. The number of carbonyl (C=O) groups excluding carboxylic acids is 2. The monoisotopic (exact) mass is 439 g/mol. The van der Waals surface area contributed by atoms with Crippen molar-refractivity contribution in [2.24, 2.45) is 0 Å². The van der Waals surface area contributed by atoms with E-state index in [0.717, 1.165) is 56.7 Å². The van der Waals surface area contributed by atoms with Crippen molar-refractivity contribution in [3.05, 3.63) is 71.5 Å². The summed E-state index contributed by atoms with van der Waals surface area (Å²) in [5.74, 6) is 0.0404. The SMILES string of the molecule is CCCCC(=O)N1CCN(CCN(Cc2ccc(F)cc2)C(=O)Cc2ccccc2)CC1. The van der Waals surface area contributed by atoms with Crippen molar-refractivity contribution in [3.63, 3.8) is 0 Å². The third-order valence-electron chi connectivity index (χ3n) is 5.99. The lowest BCUT2D eigenvalue weighted by Crippen LogP contribution is -2.50. The average molecular weight is 440 g/mol. The van der Waals surface area contributed by atoms with Crippen LogP contribution in [0.25, 0.3) is 0 Å². The molecule has 0 spiro atoms. The molecule has 0 saturated carbocycles. The topological polar surface area (TPSA) is 43.9 Å². The van der Waals surface area contributed by atoms with E-state index in [4.69, 9.17) is 0 Å². The Kier molecular flexibility index (Phi) is 9.23. The van der Waals surface area contributed by atoms with Crippen LogP contribution in [0.3, 0.4) is 0 Å². The summed E-state index contributed by atoms with van der Waals surface area (Å²) in [5, 5.41) is 0. The van der Waals surface area contributed by atoms with Gasteiger partial charge >= 0.3 is 0 Å². The summed E-state index contributed by atoms with van der Waals surface area (Å²) >= 11 is 0. The standard InChI is InChI=1S/C26H34FN3O2/c1-2-3-9-25(31)29-17-14-28(15-18-29)16-19-30(21-23-10-12-24(27)13-11-23)26(32)20-22-7-5-4-6-8-22/h4-8,10-13H,2-3,9,14-21H2,1H3. The van der Waals surface area contributed by atoms with E-state index in [2.05, 4.69) is 11.8 Å². The zero-order chi connectivity index (χ0) is 22.8. The molecule has 0 aromatic heterocycles.